The van der Waals surface area contributed by atoms with Gasteiger partial charge in [0.2, 0.25) is 0 Å². The summed E-state index contributed by atoms with van der Waals surface area (Å²) >= 11 is 0. The minimum absolute atomic E-state index is 0.666. The summed E-state index contributed by atoms with van der Waals surface area (Å²) < 4.78 is 5.49. The molecule has 2 heterocycles. The van der Waals surface area contributed by atoms with Crippen LogP contribution < -0.4 is 15.5 Å². The van der Waals surface area contributed by atoms with Crippen molar-refractivity contribution in [2.75, 3.05) is 52.3 Å². The summed E-state index contributed by atoms with van der Waals surface area (Å²) in [7, 11) is 5.84. The molecule has 7 heteroatoms. The fourth-order valence-electron chi connectivity index (χ4n) is 4.07. The van der Waals surface area contributed by atoms with E-state index in [1.165, 1.54) is 16.7 Å². The predicted octanol–water partition coefficient (Wildman–Crippen LogP) is 3.00. The molecule has 7 nitrogen and oxygen atoms in total. The highest BCUT2D eigenvalue weighted by atomic mass is 16.5. The second-order valence-electron chi connectivity index (χ2n) is 8.49. The van der Waals surface area contributed by atoms with E-state index in [9.17, 15) is 0 Å². The van der Waals surface area contributed by atoms with E-state index in [1.54, 1.807) is 0 Å². The van der Waals surface area contributed by atoms with Crippen LogP contribution in [0.25, 0.3) is 10.9 Å². The van der Waals surface area contributed by atoms with E-state index in [1.807, 2.05) is 32.1 Å². The lowest BCUT2D eigenvalue weighted by molar-refractivity contribution is 0.0341. The van der Waals surface area contributed by atoms with Crippen LogP contribution in [0.4, 0.5) is 5.82 Å². The molecule has 4 rings (SSSR count). The Kier molecular flexibility index (Phi) is 7.75. The van der Waals surface area contributed by atoms with Gasteiger partial charge in [0.05, 0.1) is 18.7 Å². The standard InChI is InChI=1S/C26H34N6O/c1-27-26(28-17-20-8-4-5-9-21(20)19-32-12-14-33-15-13-32)29-18-22-16-25(31(2)3)30-24-11-7-6-10-23(22)24/h4-11,16H,12-15,17-19H2,1-3H3,(H2,27,28,29). The molecule has 0 bridgehead atoms. The number of nitrogens with zero attached hydrogens (tertiary/aromatic N) is 4. The van der Waals surface area contributed by atoms with E-state index in [4.69, 9.17) is 9.72 Å². The van der Waals surface area contributed by atoms with Gasteiger partial charge in [-0.05, 0) is 28.8 Å². The highest BCUT2D eigenvalue weighted by molar-refractivity contribution is 5.85. The van der Waals surface area contributed by atoms with Crippen LogP contribution in [-0.2, 0) is 24.4 Å². The molecule has 3 aromatic rings. The van der Waals surface area contributed by atoms with Crippen molar-refractivity contribution < 1.29 is 4.74 Å². The molecule has 0 unspecified atom stereocenters. The van der Waals surface area contributed by atoms with Crippen LogP contribution in [0.1, 0.15) is 16.7 Å². The summed E-state index contributed by atoms with van der Waals surface area (Å²) in [5, 5.41) is 8.12. The van der Waals surface area contributed by atoms with Crippen molar-refractivity contribution in [1.82, 2.24) is 20.5 Å². The van der Waals surface area contributed by atoms with Crippen molar-refractivity contribution in [2.45, 2.75) is 19.6 Å². The van der Waals surface area contributed by atoms with Gasteiger partial charge in [-0.25, -0.2) is 4.98 Å². The fraction of sp³-hybridized carbons (Fsp3) is 0.385. The Morgan fingerprint density at radius 3 is 2.36 bits per heavy atom. The summed E-state index contributed by atoms with van der Waals surface area (Å²) in [5.74, 6) is 1.73. The number of aromatic nitrogens is 1. The van der Waals surface area contributed by atoms with E-state index in [0.29, 0.717) is 6.54 Å². The molecule has 1 fully saturated rings. The summed E-state index contributed by atoms with van der Waals surface area (Å²) in [6.45, 7) is 5.94. The number of guanidine groups is 1. The Morgan fingerprint density at radius 1 is 0.970 bits per heavy atom. The number of pyridine rings is 1. The van der Waals surface area contributed by atoms with Crippen LogP contribution in [-0.4, -0.2) is 63.3 Å². The summed E-state index contributed by atoms with van der Waals surface area (Å²) in [4.78, 5) is 13.7. The predicted molar refractivity (Wildman–Crippen MR) is 136 cm³/mol. The van der Waals surface area contributed by atoms with Crippen LogP contribution in [0.15, 0.2) is 59.6 Å². The number of rotatable bonds is 7. The summed E-state index contributed by atoms with van der Waals surface area (Å²) in [5.41, 5.74) is 4.83. The number of aliphatic imine (C=N–C) groups is 1. The van der Waals surface area contributed by atoms with Gasteiger partial charge >= 0.3 is 0 Å². The molecule has 1 aliphatic rings. The molecule has 0 aliphatic carbocycles. The molecule has 0 radical (unpaired) electrons. The third-order valence-electron chi connectivity index (χ3n) is 5.98. The van der Waals surface area contributed by atoms with Crippen LogP contribution in [0.5, 0.6) is 0 Å². The summed E-state index contributed by atoms with van der Waals surface area (Å²) in [6, 6.07) is 19.0. The first-order valence-electron chi connectivity index (χ1n) is 11.5. The normalized spacial score (nSPS) is 14.9. The van der Waals surface area contributed by atoms with E-state index < -0.39 is 0 Å². The maximum atomic E-state index is 5.49. The number of anilines is 1. The molecule has 33 heavy (non-hydrogen) atoms. The minimum Gasteiger partial charge on any atom is -0.379 e. The first-order valence-corrected chi connectivity index (χ1v) is 11.5. The smallest absolute Gasteiger partial charge is 0.191 e. The van der Waals surface area contributed by atoms with Gasteiger partial charge in [0, 0.05) is 59.3 Å². The van der Waals surface area contributed by atoms with Crippen molar-refractivity contribution in [3.63, 3.8) is 0 Å². The number of benzene rings is 2. The quantitative estimate of drug-likeness (QED) is 0.430. The van der Waals surface area contributed by atoms with Gasteiger partial charge in [-0.2, -0.15) is 0 Å². The molecule has 0 amide bonds. The lowest BCUT2D eigenvalue weighted by atomic mass is 10.1. The van der Waals surface area contributed by atoms with Gasteiger partial charge in [0.1, 0.15) is 5.82 Å². The Morgan fingerprint density at radius 2 is 1.64 bits per heavy atom. The van der Waals surface area contributed by atoms with Crippen molar-refractivity contribution in [2.24, 2.45) is 4.99 Å². The van der Waals surface area contributed by atoms with E-state index in [2.05, 4.69) is 69.1 Å². The maximum Gasteiger partial charge on any atom is 0.191 e. The molecular formula is C26H34N6O. The average Bonchev–Trinajstić information content (AvgIpc) is 2.85. The first kappa shape index (κ1) is 23.0. The largest absolute Gasteiger partial charge is 0.379 e. The number of fused-ring (bicyclic) bond motifs is 1. The van der Waals surface area contributed by atoms with Crippen LogP contribution in [0, 0.1) is 0 Å². The molecule has 0 atom stereocenters. The van der Waals surface area contributed by atoms with E-state index in [-0.39, 0.29) is 0 Å². The molecular weight excluding hydrogens is 412 g/mol. The molecule has 1 aromatic heterocycles. The third kappa shape index (κ3) is 6.00. The second kappa shape index (κ2) is 11.1. The third-order valence-corrected chi connectivity index (χ3v) is 5.98. The van der Waals surface area contributed by atoms with Crippen LogP contribution in [0.2, 0.25) is 0 Å². The van der Waals surface area contributed by atoms with Crippen molar-refractivity contribution in [1.29, 1.82) is 0 Å². The van der Waals surface area contributed by atoms with E-state index >= 15 is 0 Å². The number of hydrogen-bond donors (Lipinski definition) is 2. The maximum absolute atomic E-state index is 5.49. The van der Waals surface area contributed by atoms with Crippen molar-refractivity contribution in [3.8, 4) is 0 Å². The summed E-state index contributed by atoms with van der Waals surface area (Å²) in [6.07, 6.45) is 0. The number of ether oxygens (including phenoxy) is 1. The van der Waals surface area contributed by atoms with Gasteiger partial charge in [-0.1, -0.05) is 42.5 Å². The number of nitrogens with one attached hydrogen (secondary N) is 2. The monoisotopic (exact) mass is 446 g/mol. The topological polar surface area (TPSA) is 65.0 Å². The molecule has 0 saturated carbocycles. The molecule has 1 saturated heterocycles. The Balaban J connectivity index is 1.41. The second-order valence-corrected chi connectivity index (χ2v) is 8.49. The van der Waals surface area contributed by atoms with Gasteiger partial charge < -0.3 is 20.3 Å². The lowest BCUT2D eigenvalue weighted by Crippen LogP contribution is -2.37. The number of morpholine rings is 1. The van der Waals surface area contributed by atoms with Crippen molar-refractivity contribution >= 4 is 22.7 Å². The zero-order valence-electron chi connectivity index (χ0n) is 19.8. The van der Waals surface area contributed by atoms with Crippen molar-refractivity contribution in [3.05, 3.63) is 71.3 Å². The number of hydrogen-bond acceptors (Lipinski definition) is 5. The first-order chi connectivity index (χ1) is 16.1. The van der Waals surface area contributed by atoms with Gasteiger partial charge in [-0.3, -0.25) is 9.89 Å². The molecule has 1 aliphatic heterocycles. The van der Waals surface area contributed by atoms with Gasteiger partial charge in [0.15, 0.2) is 5.96 Å². The van der Waals surface area contributed by atoms with Crippen LogP contribution in [0.3, 0.4) is 0 Å². The SMILES string of the molecule is CN=C(NCc1ccccc1CN1CCOCC1)NCc1cc(N(C)C)nc2ccccc12. The highest BCUT2D eigenvalue weighted by Gasteiger charge is 2.13. The Hall–Kier alpha value is -3.16. The Labute approximate surface area is 196 Å². The average molecular weight is 447 g/mol. The Bertz CT molecular complexity index is 1090. The van der Waals surface area contributed by atoms with Crippen LogP contribution >= 0.6 is 0 Å². The van der Waals surface area contributed by atoms with Gasteiger partial charge in [0.25, 0.3) is 0 Å². The zero-order valence-corrected chi connectivity index (χ0v) is 19.8. The van der Waals surface area contributed by atoms with Gasteiger partial charge in [-0.15, -0.1) is 0 Å². The fourth-order valence-corrected chi connectivity index (χ4v) is 4.07. The lowest BCUT2D eigenvalue weighted by Gasteiger charge is -2.27. The number of para-hydroxylation sites is 1. The van der Waals surface area contributed by atoms with E-state index in [0.717, 1.165) is 62.1 Å². The molecule has 174 valence electrons. The molecule has 2 N–H and O–H groups in total. The zero-order chi connectivity index (χ0) is 23.0. The minimum atomic E-state index is 0.666. The molecule has 2 aromatic carbocycles. The molecule has 0 spiro atoms. The highest BCUT2D eigenvalue weighted by Crippen LogP contribution is 2.22.